The van der Waals surface area contributed by atoms with Crippen LogP contribution in [0.5, 0.6) is 5.75 Å². The van der Waals surface area contributed by atoms with E-state index in [-0.39, 0.29) is 11.7 Å². The summed E-state index contributed by atoms with van der Waals surface area (Å²) >= 11 is 0. The zero-order chi connectivity index (χ0) is 10.4. The normalized spacial score (nSPS) is 9.79. The first-order chi connectivity index (χ1) is 6.72. The van der Waals surface area contributed by atoms with Gasteiger partial charge in [0.05, 0.1) is 0 Å². The highest BCUT2D eigenvalue weighted by atomic mass is 16.3. The molecule has 0 aliphatic carbocycles. The van der Waals surface area contributed by atoms with Crippen LogP contribution in [0.4, 0.5) is 5.69 Å². The Morgan fingerprint density at radius 1 is 1.36 bits per heavy atom. The van der Waals surface area contributed by atoms with Crippen LogP contribution < -0.4 is 5.32 Å². The van der Waals surface area contributed by atoms with E-state index in [0.717, 1.165) is 18.5 Å². The molecule has 1 amide bonds. The molecule has 0 aliphatic rings. The lowest BCUT2D eigenvalue weighted by Crippen LogP contribution is -2.10. The van der Waals surface area contributed by atoms with E-state index >= 15 is 0 Å². The highest BCUT2D eigenvalue weighted by molar-refractivity contribution is 5.90. The Hall–Kier alpha value is -1.51. The third-order valence-corrected chi connectivity index (χ3v) is 1.91. The Labute approximate surface area is 83.8 Å². The summed E-state index contributed by atoms with van der Waals surface area (Å²) in [6.07, 6.45) is 2.48. The maximum Gasteiger partial charge on any atom is 0.224 e. The van der Waals surface area contributed by atoms with E-state index in [1.54, 1.807) is 24.3 Å². The average Bonchev–Trinajstić information content (AvgIpc) is 2.18. The summed E-state index contributed by atoms with van der Waals surface area (Å²) in [5.74, 6) is 0.231. The summed E-state index contributed by atoms with van der Waals surface area (Å²) in [5.41, 5.74) is 0.726. The minimum Gasteiger partial charge on any atom is -0.508 e. The summed E-state index contributed by atoms with van der Waals surface area (Å²) in [6, 6.07) is 6.46. The molecule has 0 heterocycles. The number of phenolic OH excluding ortho intramolecular Hbond substituents is 1. The van der Waals surface area contributed by atoms with Gasteiger partial charge in [-0.1, -0.05) is 13.3 Å². The number of hydrogen-bond donors (Lipinski definition) is 2. The van der Waals surface area contributed by atoms with E-state index in [4.69, 9.17) is 5.11 Å². The zero-order valence-electron chi connectivity index (χ0n) is 8.29. The molecule has 0 aliphatic heterocycles. The van der Waals surface area contributed by atoms with Crippen molar-refractivity contribution in [3.05, 3.63) is 24.3 Å². The number of aromatic hydroxyl groups is 1. The maximum absolute atomic E-state index is 11.3. The van der Waals surface area contributed by atoms with Gasteiger partial charge in [0.15, 0.2) is 0 Å². The van der Waals surface area contributed by atoms with E-state index in [0.29, 0.717) is 6.42 Å². The van der Waals surface area contributed by atoms with E-state index < -0.39 is 0 Å². The zero-order valence-corrected chi connectivity index (χ0v) is 8.29. The standard InChI is InChI=1S/C11H15NO2/c1-2-3-4-11(14)12-9-5-7-10(13)8-6-9/h5-8,13H,2-4H2,1H3,(H,12,14). The third-order valence-electron chi connectivity index (χ3n) is 1.91. The van der Waals surface area contributed by atoms with Gasteiger partial charge in [-0.25, -0.2) is 0 Å². The summed E-state index contributed by atoms with van der Waals surface area (Å²) in [4.78, 5) is 11.3. The lowest BCUT2D eigenvalue weighted by molar-refractivity contribution is -0.116. The van der Waals surface area contributed by atoms with Crippen molar-refractivity contribution >= 4 is 11.6 Å². The number of hydrogen-bond acceptors (Lipinski definition) is 2. The summed E-state index contributed by atoms with van der Waals surface area (Å²) in [6.45, 7) is 2.05. The molecule has 2 N–H and O–H groups in total. The van der Waals surface area contributed by atoms with E-state index in [9.17, 15) is 4.79 Å². The number of phenols is 1. The molecule has 0 fully saturated rings. The Balaban J connectivity index is 2.44. The van der Waals surface area contributed by atoms with Crippen molar-refractivity contribution in [3.63, 3.8) is 0 Å². The number of unbranched alkanes of at least 4 members (excludes halogenated alkanes) is 1. The van der Waals surface area contributed by atoms with Crippen LogP contribution in [0.2, 0.25) is 0 Å². The second-order valence-electron chi connectivity index (χ2n) is 3.20. The van der Waals surface area contributed by atoms with Crippen molar-refractivity contribution in [1.29, 1.82) is 0 Å². The molecule has 0 spiro atoms. The molecule has 0 aromatic heterocycles. The highest BCUT2D eigenvalue weighted by Crippen LogP contribution is 2.13. The van der Waals surface area contributed by atoms with Gasteiger partial charge in [-0.15, -0.1) is 0 Å². The molecule has 3 nitrogen and oxygen atoms in total. The van der Waals surface area contributed by atoms with Gasteiger partial charge in [-0.05, 0) is 30.7 Å². The molecule has 1 aromatic carbocycles. The lowest BCUT2D eigenvalue weighted by Gasteiger charge is -2.04. The molecule has 0 unspecified atom stereocenters. The number of carbonyl (C=O) groups excluding carboxylic acids is 1. The summed E-state index contributed by atoms with van der Waals surface area (Å²) in [5, 5.41) is 11.8. The number of carbonyl (C=O) groups is 1. The number of anilines is 1. The molecule has 76 valence electrons. The first-order valence-electron chi connectivity index (χ1n) is 4.81. The number of amides is 1. The van der Waals surface area contributed by atoms with Crippen LogP contribution in [0.1, 0.15) is 26.2 Å². The second kappa shape index (κ2) is 5.27. The fourth-order valence-corrected chi connectivity index (χ4v) is 1.11. The molecule has 14 heavy (non-hydrogen) atoms. The van der Waals surface area contributed by atoms with E-state index in [1.807, 2.05) is 6.92 Å². The van der Waals surface area contributed by atoms with Gasteiger partial charge in [0.2, 0.25) is 5.91 Å². The smallest absolute Gasteiger partial charge is 0.224 e. The monoisotopic (exact) mass is 193 g/mol. The van der Waals surface area contributed by atoms with Gasteiger partial charge in [0.25, 0.3) is 0 Å². The van der Waals surface area contributed by atoms with Crippen molar-refractivity contribution < 1.29 is 9.90 Å². The molecule has 1 aromatic rings. The fourth-order valence-electron chi connectivity index (χ4n) is 1.11. The molecule has 1 rings (SSSR count). The van der Waals surface area contributed by atoms with Crippen molar-refractivity contribution in [2.75, 3.05) is 5.32 Å². The topological polar surface area (TPSA) is 49.3 Å². The highest BCUT2D eigenvalue weighted by Gasteiger charge is 2.00. The van der Waals surface area contributed by atoms with Gasteiger partial charge >= 0.3 is 0 Å². The first-order valence-corrected chi connectivity index (χ1v) is 4.81. The lowest BCUT2D eigenvalue weighted by atomic mass is 10.2. The quantitative estimate of drug-likeness (QED) is 0.722. The SMILES string of the molecule is CCCCC(=O)Nc1ccc(O)cc1. The van der Waals surface area contributed by atoms with Gasteiger partial charge in [0, 0.05) is 12.1 Å². The molecule has 0 radical (unpaired) electrons. The van der Waals surface area contributed by atoms with Gasteiger partial charge in [0.1, 0.15) is 5.75 Å². The average molecular weight is 193 g/mol. The Kier molecular flexibility index (Phi) is 3.98. The summed E-state index contributed by atoms with van der Waals surface area (Å²) in [7, 11) is 0. The van der Waals surface area contributed by atoms with Crippen molar-refractivity contribution in [2.45, 2.75) is 26.2 Å². The van der Waals surface area contributed by atoms with Gasteiger partial charge in [-0.3, -0.25) is 4.79 Å². The molecular weight excluding hydrogens is 178 g/mol. The Bertz CT molecular complexity index is 293. The van der Waals surface area contributed by atoms with Crippen molar-refractivity contribution in [2.24, 2.45) is 0 Å². The second-order valence-corrected chi connectivity index (χ2v) is 3.20. The van der Waals surface area contributed by atoms with Crippen LogP contribution in [-0.4, -0.2) is 11.0 Å². The van der Waals surface area contributed by atoms with Gasteiger partial charge in [-0.2, -0.15) is 0 Å². The van der Waals surface area contributed by atoms with Crippen molar-refractivity contribution in [3.8, 4) is 5.75 Å². The minimum absolute atomic E-state index is 0.0255. The predicted molar refractivity (Wildman–Crippen MR) is 56.3 cm³/mol. The maximum atomic E-state index is 11.3. The Morgan fingerprint density at radius 3 is 2.57 bits per heavy atom. The third kappa shape index (κ3) is 3.47. The van der Waals surface area contributed by atoms with Gasteiger partial charge < -0.3 is 10.4 Å². The molecule has 0 bridgehead atoms. The number of nitrogens with one attached hydrogen (secondary N) is 1. The predicted octanol–water partition coefficient (Wildman–Crippen LogP) is 2.52. The largest absolute Gasteiger partial charge is 0.508 e. The fraction of sp³-hybridized carbons (Fsp3) is 0.364. The van der Waals surface area contributed by atoms with Crippen LogP contribution in [0, 0.1) is 0 Å². The van der Waals surface area contributed by atoms with Crippen molar-refractivity contribution in [1.82, 2.24) is 0 Å². The molecule has 0 saturated carbocycles. The Morgan fingerprint density at radius 2 is 2.00 bits per heavy atom. The van der Waals surface area contributed by atoms with Crippen LogP contribution in [-0.2, 0) is 4.79 Å². The molecule has 0 saturated heterocycles. The van der Waals surface area contributed by atoms with Crippen LogP contribution >= 0.6 is 0 Å². The molecule has 3 heteroatoms. The molecule has 0 atom stereocenters. The number of rotatable bonds is 4. The number of benzene rings is 1. The van der Waals surface area contributed by atoms with E-state index in [2.05, 4.69) is 5.32 Å². The molecular formula is C11H15NO2. The van der Waals surface area contributed by atoms with Crippen LogP contribution in [0.15, 0.2) is 24.3 Å². The van der Waals surface area contributed by atoms with Crippen LogP contribution in [0.3, 0.4) is 0 Å². The minimum atomic E-state index is 0.0255. The first kappa shape index (κ1) is 10.6. The van der Waals surface area contributed by atoms with E-state index in [1.165, 1.54) is 0 Å². The summed E-state index contributed by atoms with van der Waals surface area (Å²) < 4.78 is 0. The van der Waals surface area contributed by atoms with Crippen LogP contribution in [0.25, 0.3) is 0 Å².